The maximum absolute atomic E-state index is 11.8. The van der Waals surface area contributed by atoms with Gasteiger partial charge in [-0.25, -0.2) is 0 Å². The van der Waals surface area contributed by atoms with Crippen molar-refractivity contribution in [1.82, 2.24) is 0 Å². The number of fused-ring (bicyclic) bond motifs is 5. The second-order valence-corrected chi connectivity index (χ2v) is 11.0. The fourth-order valence-corrected chi connectivity index (χ4v) is 8.72. The number of ether oxygens (including phenoxy) is 1. The fourth-order valence-electron chi connectivity index (χ4n) is 8.72. The summed E-state index contributed by atoms with van der Waals surface area (Å²) in [5.74, 6) is 3.27. The average molecular weight is 391 g/mol. The van der Waals surface area contributed by atoms with Crippen molar-refractivity contribution in [3.05, 3.63) is 0 Å². The van der Waals surface area contributed by atoms with E-state index in [2.05, 4.69) is 13.8 Å². The first-order chi connectivity index (χ1) is 13.4. The van der Waals surface area contributed by atoms with Gasteiger partial charge in [0.2, 0.25) is 0 Å². The zero-order valence-electron chi connectivity index (χ0n) is 18.4. The molecular weight excluding hydrogens is 348 g/mol. The fraction of sp³-hybridized carbons (Fsp3) is 0.960. The highest BCUT2D eigenvalue weighted by molar-refractivity contribution is 5.55. The van der Waals surface area contributed by atoms with Gasteiger partial charge in [-0.15, -0.1) is 0 Å². The Balaban J connectivity index is 1.58. The molecule has 0 spiro atoms. The lowest BCUT2D eigenvalue weighted by atomic mass is 9.40. The lowest BCUT2D eigenvalue weighted by Crippen LogP contribution is -2.59. The van der Waals surface area contributed by atoms with E-state index >= 15 is 0 Å². The smallest absolute Gasteiger partial charge is 0.123 e. The maximum Gasteiger partial charge on any atom is 0.123 e. The molecule has 0 radical (unpaired) electrons. The number of aldehydes is 1. The van der Waals surface area contributed by atoms with Gasteiger partial charge in [0.15, 0.2) is 0 Å². The van der Waals surface area contributed by atoms with E-state index in [0.717, 1.165) is 37.0 Å². The number of hydrogen-bond acceptors (Lipinski definition) is 3. The zero-order chi connectivity index (χ0) is 20.0. The van der Waals surface area contributed by atoms with Crippen LogP contribution >= 0.6 is 0 Å². The molecule has 4 aliphatic rings. The summed E-state index contributed by atoms with van der Waals surface area (Å²) >= 11 is 0. The Hall–Kier alpha value is -0.410. The van der Waals surface area contributed by atoms with Crippen LogP contribution in [0.25, 0.3) is 0 Å². The molecule has 0 aromatic heterocycles. The normalized spacial score (nSPS) is 50.9. The lowest BCUT2D eigenvalue weighted by Gasteiger charge is -2.65. The van der Waals surface area contributed by atoms with Gasteiger partial charge in [-0.2, -0.15) is 0 Å². The molecule has 8 atom stereocenters. The minimum atomic E-state index is -0.608. The third kappa shape index (κ3) is 3.11. The molecule has 4 fully saturated rings. The van der Waals surface area contributed by atoms with Crippen LogP contribution in [0.4, 0.5) is 0 Å². The van der Waals surface area contributed by atoms with Gasteiger partial charge >= 0.3 is 0 Å². The van der Waals surface area contributed by atoms with Crippen molar-refractivity contribution in [3.63, 3.8) is 0 Å². The Labute approximate surface area is 172 Å². The summed E-state index contributed by atoms with van der Waals surface area (Å²) in [5.41, 5.74) is 0.0485. The molecule has 0 heterocycles. The van der Waals surface area contributed by atoms with Crippen molar-refractivity contribution in [2.75, 3.05) is 13.2 Å². The van der Waals surface area contributed by atoms with Gasteiger partial charge in [-0.1, -0.05) is 20.3 Å². The molecule has 4 rings (SSSR count). The van der Waals surface area contributed by atoms with E-state index in [4.69, 9.17) is 4.74 Å². The van der Waals surface area contributed by atoms with Gasteiger partial charge in [-0.3, -0.25) is 0 Å². The van der Waals surface area contributed by atoms with Crippen molar-refractivity contribution >= 4 is 6.29 Å². The van der Waals surface area contributed by atoms with Gasteiger partial charge in [0.05, 0.1) is 12.2 Å². The van der Waals surface area contributed by atoms with Crippen LogP contribution in [0.2, 0.25) is 0 Å². The Morgan fingerprint density at radius 2 is 1.86 bits per heavy atom. The first-order valence-corrected chi connectivity index (χ1v) is 12.2. The molecule has 3 heteroatoms. The number of rotatable bonds is 5. The molecule has 0 amide bonds. The molecule has 0 aromatic rings. The van der Waals surface area contributed by atoms with Crippen LogP contribution in [0.1, 0.15) is 91.4 Å². The van der Waals surface area contributed by atoms with Crippen LogP contribution in [-0.4, -0.2) is 30.2 Å². The highest BCUT2D eigenvalue weighted by atomic mass is 16.5. The van der Waals surface area contributed by atoms with Gasteiger partial charge in [0, 0.05) is 12.5 Å². The summed E-state index contributed by atoms with van der Waals surface area (Å²) < 4.78 is 5.65. The highest BCUT2D eigenvalue weighted by Gasteiger charge is 2.61. The van der Waals surface area contributed by atoms with Gasteiger partial charge < -0.3 is 14.6 Å². The standard InChI is InChI=1S/C25H42O3/c1-4-25-14-13-24(27,17-28-5-2)15-18(25)9-10-20-21-8-6-7-19(16-26)23(21,3)12-11-22(20)25/h16,18-22,27H,4-15,17H2,1-3H3/t18-,19-,20+,21+,22+,23-,24-,25+/m1/s1. The third-order valence-electron chi connectivity index (χ3n) is 10.2. The molecule has 4 aliphatic carbocycles. The lowest BCUT2D eigenvalue weighted by molar-refractivity contribution is -0.184. The predicted octanol–water partition coefficient (Wildman–Crippen LogP) is 5.39. The van der Waals surface area contributed by atoms with Gasteiger partial charge in [0.25, 0.3) is 0 Å². The van der Waals surface area contributed by atoms with Crippen molar-refractivity contribution in [2.24, 2.45) is 40.4 Å². The largest absolute Gasteiger partial charge is 0.387 e. The molecule has 0 aromatic carbocycles. The summed E-state index contributed by atoms with van der Waals surface area (Å²) in [5, 5.41) is 11.2. The highest BCUT2D eigenvalue weighted by Crippen LogP contribution is 2.67. The Kier molecular flexibility index (Phi) is 5.72. The van der Waals surface area contributed by atoms with Crippen molar-refractivity contribution in [2.45, 2.75) is 97.0 Å². The molecule has 160 valence electrons. The van der Waals surface area contributed by atoms with Crippen molar-refractivity contribution in [3.8, 4) is 0 Å². The quantitative estimate of drug-likeness (QED) is 0.640. The van der Waals surface area contributed by atoms with E-state index in [0.29, 0.717) is 24.5 Å². The van der Waals surface area contributed by atoms with Crippen LogP contribution in [0.5, 0.6) is 0 Å². The molecule has 0 unspecified atom stereocenters. The molecule has 0 saturated heterocycles. The Bertz CT molecular complexity index is 576. The van der Waals surface area contributed by atoms with Crippen LogP contribution in [-0.2, 0) is 9.53 Å². The second kappa shape index (κ2) is 7.69. The second-order valence-electron chi connectivity index (χ2n) is 11.0. The molecule has 3 nitrogen and oxygen atoms in total. The topological polar surface area (TPSA) is 46.5 Å². The van der Waals surface area contributed by atoms with E-state index in [-0.39, 0.29) is 11.3 Å². The molecule has 4 saturated carbocycles. The summed E-state index contributed by atoms with van der Waals surface area (Å²) in [6.07, 6.45) is 14.4. The molecule has 0 aliphatic heterocycles. The minimum Gasteiger partial charge on any atom is -0.387 e. The number of hydrogen-bond donors (Lipinski definition) is 1. The van der Waals surface area contributed by atoms with Crippen LogP contribution in [0.15, 0.2) is 0 Å². The first-order valence-electron chi connectivity index (χ1n) is 12.2. The van der Waals surface area contributed by atoms with Crippen molar-refractivity contribution in [1.29, 1.82) is 0 Å². The third-order valence-corrected chi connectivity index (χ3v) is 10.2. The Morgan fingerprint density at radius 3 is 2.57 bits per heavy atom. The molecular formula is C25H42O3. The minimum absolute atomic E-state index is 0.243. The molecule has 1 N–H and O–H groups in total. The summed E-state index contributed by atoms with van der Waals surface area (Å²) in [6, 6.07) is 0. The maximum atomic E-state index is 11.8. The summed E-state index contributed by atoms with van der Waals surface area (Å²) in [7, 11) is 0. The average Bonchev–Trinajstić information content (AvgIpc) is 2.71. The van der Waals surface area contributed by atoms with Gasteiger partial charge in [0.1, 0.15) is 6.29 Å². The monoisotopic (exact) mass is 390 g/mol. The van der Waals surface area contributed by atoms with E-state index in [9.17, 15) is 9.90 Å². The Morgan fingerprint density at radius 1 is 1.04 bits per heavy atom. The summed E-state index contributed by atoms with van der Waals surface area (Å²) in [6.45, 7) is 8.07. The number of aliphatic hydroxyl groups is 1. The van der Waals surface area contributed by atoms with Gasteiger partial charge in [-0.05, 0) is 106 Å². The molecule has 28 heavy (non-hydrogen) atoms. The van der Waals surface area contributed by atoms with Crippen LogP contribution in [0.3, 0.4) is 0 Å². The van der Waals surface area contributed by atoms with E-state index < -0.39 is 5.60 Å². The zero-order valence-corrected chi connectivity index (χ0v) is 18.4. The predicted molar refractivity (Wildman–Crippen MR) is 112 cm³/mol. The van der Waals surface area contributed by atoms with Crippen molar-refractivity contribution < 1.29 is 14.6 Å². The number of carbonyl (C=O) groups is 1. The van der Waals surface area contributed by atoms with Crippen LogP contribution in [0, 0.1) is 40.4 Å². The summed E-state index contributed by atoms with van der Waals surface area (Å²) in [4.78, 5) is 11.8. The van der Waals surface area contributed by atoms with Crippen LogP contribution < -0.4 is 0 Å². The first kappa shape index (κ1) is 20.8. The number of carbonyl (C=O) groups excluding carboxylic acids is 1. The molecule has 0 bridgehead atoms. The van der Waals surface area contributed by atoms with E-state index in [1.165, 1.54) is 57.7 Å². The SMILES string of the molecule is CCOC[C@@]1(O)CC[C@@]2(CC)[C@H](CC[C@H]3[C@@H]4CCC[C@H](C=O)[C@@]4(C)CC[C@@H]32)C1. The van der Waals surface area contributed by atoms with E-state index in [1.54, 1.807) is 0 Å². The van der Waals surface area contributed by atoms with E-state index in [1.807, 2.05) is 6.92 Å².